The van der Waals surface area contributed by atoms with Gasteiger partial charge in [-0.25, -0.2) is 9.97 Å². The third kappa shape index (κ3) is 3.95. The van der Waals surface area contributed by atoms with Crippen molar-refractivity contribution in [2.24, 2.45) is 0 Å². The topological polar surface area (TPSA) is 110 Å². The van der Waals surface area contributed by atoms with Crippen LogP contribution in [0.3, 0.4) is 0 Å². The van der Waals surface area contributed by atoms with E-state index in [2.05, 4.69) is 20.2 Å². The number of amides is 1. The molecule has 0 atom stereocenters. The summed E-state index contributed by atoms with van der Waals surface area (Å²) >= 11 is 6.22. The third-order valence-corrected chi connectivity index (χ3v) is 8.12. The van der Waals surface area contributed by atoms with Gasteiger partial charge in [-0.05, 0) is 69.5 Å². The first-order chi connectivity index (χ1) is 17.2. The van der Waals surface area contributed by atoms with Crippen molar-refractivity contribution in [2.75, 3.05) is 31.6 Å². The minimum Gasteiger partial charge on any atom is -0.491 e. The maximum Gasteiger partial charge on any atom is 0.270 e. The highest BCUT2D eigenvalue weighted by molar-refractivity contribution is 6.31. The Kier molecular flexibility index (Phi) is 5.55. The fourth-order valence-electron chi connectivity index (χ4n) is 5.90. The molecule has 2 N–H and O–H groups in total. The standard InChI is InChI=1S/C26H28ClN5O4/c1-25(35)12-17(13-25)32-22(33)15-28-21-11-18(14-29-23(21)32)36-9-8-31-6-4-26(5-7-31)19-10-16(27)2-3-20(19)30-24(26)34/h2-3,10-11,14-15,17,35H,4-9,12-13H2,1H3,(H,30,34)/t17-,25+. The summed E-state index contributed by atoms with van der Waals surface area (Å²) < 4.78 is 7.59. The molecule has 1 aliphatic carbocycles. The Morgan fingerprint density at radius 3 is 2.69 bits per heavy atom. The molecule has 0 bridgehead atoms. The Balaban J connectivity index is 1.08. The van der Waals surface area contributed by atoms with Gasteiger partial charge in [0, 0.05) is 29.4 Å². The zero-order valence-corrected chi connectivity index (χ0v) is 20.8. The molecule has 0 radical (unpaired) electrons. The number of rotatable bonds is 5. The van der Waals surface area contributed by atoms with E-state index in [0.717, 1.165) is 43.7 Å². The first kappa shape index (κ1) is 23.4. The number of likely N-dealkylation sites (tertiary alicyclic amines) is 1. The monoisotopic (exact) mass is 509 g/mol. The van der Waals surface area contributed by atoms with E-state index in [1.807, 2.05) is 12.1 Å². The molecule has 0 unspecified atom stereocenters. The molecule has 1 amide bonds. The number of aliphatic hydroxyl groups is 1. The van der Waals surface area contributed by atoms with Gasteiger partial charge >= 0.3 is 0 Å². The first-order valence-electron chi connectivity index (χ1n) is 12.3. The van der Waals surface area contributed by atoms with E-state index in [4.69, 9.17) is 16.3 Å². The predicted octanol–water partition coefficient (Wildman–Crippen LogP) is 2.90. The summed E-state index contributed by atoms with van der Waals surface area (Å²) in [7, 11) is 0. The van der Waals surface area contributed by atoms with Crippen LogP contribution in [0.4, 0.5) is 5.69 Å². The number of anilines is 1. The van der Waals surface area contributed by atoms with Crippen LogP contribution < -0.4 is 15.6 Å². The van der Waals surface area contributed by atoms with E-state index in [0.29, 0.717) is 41.4 Å². The van der Waals surface area contributed by atoms with Crippen molar-refractivity contribution >= 4 is 34.4 Å². The predicted molar refractivity (Wildman–Crippen MR) is 136 cm³/mol. The molecule has 1 saturated carbocycles. The van der Waals surface area contributed by atoms with Gasteiger partial charge in [0.05, 0.1) is 23.4 Å². The SMILES string of the molecule is C[C@]1(O)C[C@@H](n2c(=O)cnc3cc(OCCN4CCC5(CC4)C(=O)Nc4ccc(Cl)cc45)cnc32)C1. The maximum atomic E-state index is 12.8. The van der Waals surface area contributed by atoms with Crippen LogP contribution in [0.5, 0.6) is 5.75 Å². The Hall–Kier alpha value is -3.01. The van der Waals surface area contributed by atoms with Gasteiger partial charge in [-0.1, -0.05) is 11.6 Å². The van der Waals surface area contributed by atoms with Crippen LogP contribution in [-0.4, -0.2) is 62.3 Å². The summed E-state index contributed by atoms with van der Waals surface area (Å²) in [4.78, 5) is 36.3. The molecule has 36 heavy (non-hydrogen) atoms. The van der Waals surface area contributed by atoms with Gasteiger partial charge in [0.1, 0.15) is 17.9 Å². The van der Waals surface area contributed by atoms with Crippen LogP contribution in [0.1, 0.15) is 44.2 Å². The number of carbonyl (C=O) groups is 1. The summed E-state index contributed by atoms with van der Waals surface area (Å²) in [5.41, 5.74) is 1.51. The maximum absolute atomic E-state index is 12.8. The molecule has 2 fully saturated rings. The van der Waals surface area contributed by atoms with E-state index < -0.39 is 11.0 Å². The number of ether oxygens (including phenoxy) is 1. The fraction of sp³-hybridized carbons (Fsp3) is 0.462. The van der Waals surface area contributed by atoms with E-state index in [-0.39, 0.29) is 17.5 Å². The zero-order chi connectivity index (χ0) is 25.1. The van der Waals surface area contributed by atoms with Crippen LogP contribution >= 0.6 is 11.6 Å². The summed E-state index contributed by atoms with van der Waals surface area (Å²) in [5, 5.41) is 13.7. The second-order valence-corrected chi connectivity index (χ2v) is 10.9. The minimum absolute atomic E-state index is 0.0643. The largest absolute Gasteiger partial charge is 0.491 e. The van der Waals surface area contributed by atoms with Gasteiger partial charge in [0.2, 0.25) is 5.91 Å². The quantitative estimate of drug-likeness (QED) is 0.544. The lowest BCUT2D eigenvalue weighted by Gasteiger charge is -2.41. The van der Waals surface area contributed by atoms with Crippen molar-refractivity contribution in [1.82, 2.24) is 19.4 Å². The lowest BCUT2D eigenvalue weighted by Crippen LogP contribution is -2.47. The second kappa shape index (κ2) is 8.54. The number of nitrogens with one attached hydrogen (secondary N) is 1. The van der Waals surface area contributed by atoms with Gasteiger partial charge in [-0.3, -0.25) is 19.1 Å². The van der Waals surface area contributed by atoms with E-state index in [9.17, 15) is 14.7 Å². The normalized spacial score (nSPS) is 25.0. The average molecular weight is 510 g/mol. The summed E-state index contributed by atoms with van der Waals surface area (Å²) in [6, 6.07) is 7.32. The fourth-order valence-corrected chi connectivity index (χ4v) is 6.07. The average Bonchev–Trinajstić information content (AvgIpc) is 3.09. The number of piperidine rings is 1. The van der Waals surface area contributed by atoms with E-state index in [1.165, 1.54) is 6.20 Å². The highest BCUT2D eigenvalue weighted by atomic mass is 35.5. The smallest absolute Gasteiger partial charge is 0.270 e. The molecule has 2 aromatic heterocycles. The number of nitrogens with zero attached hydrogens (tertiary/aromatic N) is 4. The van der Waals surface area contributed by atoms with Gasteiger partial charge in [-0.2, -0.15) is 0 Å². The summed E-state index contributed by atoms with van der Waals surface area (Å²) in [5.74, 6) is 0.655. The molecule has 10 heteroatoms. The number of hydrogen-bond donors (Lipinski definition) is 2. The van der Waals surface area contributed by atoms with Crippen LogP contribution in [0, 0.1) is 0 Å². The van der Waals surface area contributed by atoms with Crippen LogP contribution in [0.25, 0.3) is 11.2 Å². The Bertz CT molecular complexity index is 1410. The number of pyridine rings is 1. The number of benzene rings is 1. The van der Waals surface area contributed by atoms with Crippen molar-refractivity contribution in [3.8, 4) is 5.75 Å². The lowest BCUT2D eigenvalue weighted by molar-refractivity contribution is -0.122. The molecule has 3 aliphatic rings. The highest BCUT2D eigenvalue weighted by Gasteiger charge is 2.48. The first-order valence-corrected chi connectivity index (χ1v) is 12.7. The van der Waals surface area contributed by atoms with Gasteiger partial charge in [0.15, 0.2) is 5.65 Å². The molecule has 2 aliphatic heterocycles. The highest BCUT2D eigenvalue weighted by Crippen LogP contribution is 2.46. The summed E-state index contributed by atoms with van der Waals surface area (Å²) in [6.45, 7) is 4.55. The number of carbonyl (C=O) groups excluding carboxylic acids is 1. The van der Waals surface area contributed by atoms with E-state index in [1.54, 1.807) is 29.8 Å². The van der Waals surface area contributed by atoms with Crippen molar-refractivity contribution in [3.05, 3.63) is 57.6 Å². The van der Waals surface area contributed by atoms with Crippen molar-refractivity contribution in [3.63, 3.8) is 0 Å². The number of fused-ring (bicyclic) bond motifs is 3. The molecule has 1 spiro atoms. The van der Waals surface area contributed by atoms with Crippen LogP contribution in [-0.2, 0) is 10.2 Å². The molecule has 188 valence electrons. The van der Waals surface area contributed by atoms with Gasteiger partial charge in [0.25, 0.3) is 5.56 Å². The van der Waals surface area contributed by atoms with Crippen molar-refractivity contribution < 1.29 is 14.6 Å². The van der Waals surface area contributed by atoms with Crippen LogP contribution in [0.2, 0.25) is 5.02 Å². The number of halogens is 1. The zero-order valence-electron chi connectivity index (χ0n) is 20.0. The number of hydrogen-bond acceptors (Lipinski definition) is 7. The van der Waals surface area contributed by atoms with Crippen LogP contribution in [0.15, 0.2) is 41.5 Å². The molecule has 4 heterocycles. The van der Waals surface area contributed by atoms with E-state index >= 15 is 0 Å². The molecule has 1 aromatic carbocycles. The Labute approximate surface area is 213 Å². The molecule has 3 aromatic rings. The Morgan fingerprint density at radius 1 is 1.17 bits per heavy atom. The molecule has 6 rings (SSSR count). The van der Waals surface area contributed by atoms with Gasteiger partial charge in [-0.15, -0.1) is 0 Å². The minimum atomic E-state index is -0.741. The lowest BCUT2D eigenvalue weighted by atomic mass is 9.73. The Morgan fingerprint density at radius 2 is 1.94 bits per heavy atom. The second-order valence-electron chi connectivity index (χ2n) is 10.5. The molecule has 9 nitrogen and oxygen atoms in total. The van der Waals surface area contributed by atoms with Crippen molar-refractivity contribution in [1.29, 1.82) is 0 Å². The number of aromatic nitrogens is 3. The molecular formula is C26H28ClN5O4. The summed E-state index contributed by atoms with van der Waals surface area (Å²) in [6.07, 6.45) is 5.42. The van der Waals surface area contributed by atoms with Crippen molar-refractivity contribution in [2.45, 2.75) is 49.7 Å². The molecular weight excluding hydrogens is 482 g/mol. The van der Waals surface area contributed by atoms with Gasteiger partial charge < -0.3 is 15.2 Å². The molecule has 1 saturated heterocycles. The third-order valence-electron chi connectivity index (χ3n) is 7.88.